The molecule has 2 saturated heterocycles. The molecule has 1 aromatic heterocycles. The first-order valence-electron chi connectivity index (χ1n) is 9.20. The van der Waals surface area contributed by atoms with Gasteiger partial charge in [0.05, 0.1) is 23.8 Å². The molecule has 4 rings (SSSR count). The highest BCUT2D eigenvalue weighted by molar-refractivity contribution is 9.10. The molecule has 3 aliphatic rings. The van der Waals surface area contributed by atoms with Crippen LogP contribution in [0, 0.1) is 0 Å². The molecule has 1 aromatic rings. The van der Waals surface area contributed by atoms with Gasteiger partial charge in [0, 0.05) is 31.9 Å². The van der Waals surface area contributed by atoms with Gasteiger partial charge in [-0.15, -0.1) is 0 Å². The molecule has 0 N–H and O–H groups in total. The van der Waals surface area contributed by atoms with E-state index in [1.165, 1.54) is 15.5 Å². The molecule has 1 aliphatic carbocycles. The van der Waals surface area contributed by atoms with E-state index in [-0.39, 0.29) is 36.3 Å². The van der Waals surface area contributed by atoms with E-state index in [1.54, 1.807) is 18.1 Å². The lowest BCUT2D eigenvalue weighted by atomic mass is 9.92. The third-order valence-corrected chi connectivity index (χ3v) is 6.15. The minimum absolute atomic E-state index is 0.0385. The van der Waals surface area contributed by atoms with Crippen molar-refractivity contribution >= 4 is 27.9 Å². The molecule has 1 saturated carbocycles. The van der Waals surface area contributed by atoms with Crippen LogP contribution in [0.15, 0.2) is 21.5 Å². The molecule has 8 nitrogen and oxygen atoms in total. The summed E-state index contributed by atoms with van der Waals surface area (Å²) < 4.78 is 13.6. The van der Waals surface area contributed by atoms with Crippen LogP contribution < -0.4 is 10.3 Å². The number of halogens is 1. The fraction of sp³-hybridized carbons (Fsp3) is 0.611. The van der Waals surface area contributed by atoms with Crippen molar-refractivity contribution in [2.45, 2.75) is 43.9 Å². The second-order valence-corrected chi connectivity index (χ2v) is 8.11. The van der Waals surface area contributed by atoms with Crippen LogP contribution in [0.3, 0.4) is 0 Å². The lowest BCUT2D eigenvalue weighted by Gasteiger charge is -2.33. The Morgan fingerprint density at radius 1 is 1.19 bits per heavy atom. The maximum absolute atomic E-state index is 12.6. The number of fused-ring (bicyclic) bond motifs is 1. The van der Waals surface area contributed by atoms with Gasteiger partial charge in [-0.2, -0.15) is 0 Å². The molecule has 0 aromatic carbocycles. The highest BCUT2D eigenvalue weighted by Crippen LogP contribution is 2.33. The number of hydrogen-bond acceptors (Lipinski definition) is 5. The first-order valence-corrected chi connectivity index (χ1v) is 9.99. The summed E-state index contributed by atoms with van der Waals surface area (Å²) in [6.07, 6.45) is 4.50. The summed E-state index contributed by atoms with van der Waals surface area (Å²) >= 11 is 3.42. The van der Waals surface area contributed by atoms with Gasteiger partial charge < -0.3 is 18.9 Å². The number of pyridine rings is 1. The Hall–Kier alpha value is -1.87. The fourth-order valence-electron chi connectivity index (χ4n) is 4.04. The van der Waals surface area contributed by atoms with Crippen molar-refractivity contribution in [2.24, 2.45) is 7.05 Å². The van der Waals surface area contributed by atoms with E-state index in [1.807, 2.05) is 0 Å². The van der Waals surface area contributed by atoms with E-state index < -0.39 is 6.04 Å². The summed E-state index contributed by atoms with van der Waals surface area (Å²) in [4.78, 5) is 40.2. The van der Waals surface area contributed by atoms with Crippen molar-refractivity contribution in [2.75, 3.05) is 19.8 Å². The number of carbonyl (C=O) groups is 2. The Bertz CT molecular complexity index is 794. The van der Waals surface area contributed by atoms with Crippen LogP contribution in [-0.2, 0) is 16.6 Å². The Balaban J connectivity index is 1.39. The van der Waals surface area contributed by atoms with Crippen LogP contribution in [0.2, 0.25) is 0 Å². The van der Waals surface area contributed by atoms with E-state index in [0.717, 1.165) is 17.3 Å². The van der Waals surface area contributed by atoms with Gasteiger partial charge >= 0.3 is 6.03 Å². The molecule has 0 radical (unpaired) electrons. The van der Waals surface area contributed by atoms with Crippen molar-refractivity contribution in [3.05, 3.63) is 27.1 Å². The van der Waals surface area contributed by atoms with Crippen LogP contribution in [0.1, 0.15) is 25.7 Å². The molecule has 3 fully saturated rings. The van der Waals surface area contributed by atoms with Crippen LogP contribution in [0.25, 0.3) is 0 Å². The molecule has 0 spiro atoms. The number of hydrogen-bond donors (Lipinski definition) is 0. The summed E-state index contributed by atoms with van der Waals surface area (Å²) in [5, 5.41) is 0. The van der Waals surface area contributed by atoms with E-state index >= 15 is 0 Å². The van der Waals surface area contributed by atoms with E-state index in [9.17, 15) is 14.4 Å². The maximum Gasteiger partial charge on any atom is 0.327 e. The molecule has 146 valence electrons. The van der Waals surface area contributed by atoms with E-state index in [4.69, 9.17) is 9.47 Å². The number of aryl methyl sites for hydroxylation is 1. The van der Waals surface area contributed by atoms with Crippen molar-refractivity contribution < 1.29 is 19.1 Å². The van der Waals surface area contributed by atoms with Gasteiger partial charge in [-0.25, -0.2) is 4.79 Å². The topological polar surface area (TPSA) is 81.1 Å². The SMILES string of the molecule is Cn1cc(Br)c(O[C@H]2CC[C@H](N3C(=O)C4COCCN4C3=O)CC2)cc1=O. The summed E-state index contributed by atoms with van der Waals surface area (Å²) in [6, 6.07) is 0.730. The van der Waals surface area contributed by atoms with Crippen molar-refractivity contribution in [3.8, 4) is 5.75 Å². The second-order valence-electron chi connectivity index (χ2n) is 7.26. The molecule has 3 amide bonds. The van der Waals surface area contributed by atoms with Gasteiger partial charge in [0.1, 0.15) is 11.8 Å². The Morgan fingerprint density at radius 2 is 1.93 bits per heavy atom. The van der Waals surface area contributed by atoms with Crippen LogP contribution in [-0.4, -0.2) is 64.3 Å². The number of imide groups is 1. The number of carbonyl (C=O) groups excluding carboxylic acids is 2. The zero-order chi connectivity index (χ0) is 19.1. The van der Waals surface area contributed by atoms with Crippen molar-refractivity contribution in [1.29, 1.82) is 0 Å². The van der Waals surface area contributed by atoms with Gasteiger partial charge in [-0.05, 0) is 41.6 Å². The zero-order valence-electron chi connectivity index (χ0n) is 15.1. The third-order valence-electron chi connectivity index (χ3n) is 5.55. The quantitative estimate of drug-likeness (QED) is 0.666. The van der Waals surface area contributed by atoms with Gasteiger partial charge in [-0.3, -0.25) is 14.5 Å². The van der Waals surface area contributed by atoms with E-state index in [2.05, 4.69) is 15.9 Å². The first-order chi connectivity index (χ1) is 13.0. The number of rotatable bonds is 3. The molecule has 0 bridgehead atoms. The second kappa shape index (κ2) is 7.27. The van der Waals surface area contributed by atoms with E-state index in [0.29, 0.717) is 31.7 Å². The molecule has 3 heterocycles. The lowest BCUT2D eigenvalue weighted by molar-refractivity contribution is -0.133. The zero-order valence-corrected chi connectivity index (χ0v) is 16.7. The predicted octanol–water partition coefficient (Wildman–Crippen LogP) is 1.50. The third kappa shape index (κ3) is 3.38. The number of urea groups is 1. The Labute approximate surface area is 165 Å². The summed E-state index contributed by atoms with van der Waals surface area (Å²) in [6.45, 7) is 1.24. The summed E-state index contributed by atoms with van der Waals surface area (Å²) in [5.74, 6) is 0.391. The Morgan fingerprint density at radius 3 is 2.63 bits per heavy atom. The van der Waals surface area contributed by atoms with Crippen LogP contribution in [0.5, 0.6) is 5.75 Å². The van der Waals surface area contributed by atoms with Gasteiger partial charge in [0.2, 0.25) is 0 Å². The molecule has 27 heavy (non-hydrogen) atoms. The highest BCUT2D eigenvalue weighted by Gasteiger charge is 2.49. The van der Waals surface area contributed by atoms with Gasteiger partial charge in [0.25, 0.3) is 11.5 Å². The number of aromatic nitrogens is 1. The number of morpholine rings is 1. The predicted molar refractivity (Wildman–Crippen MR) is 99.6 cm³/mol. The first kappa shape index (κ1) is 18.5. The maximum atomic E-state index is 12.6. The molecule has 9 heteroatoms. The van der Waals surface area contributed by atoms with Crippen LogP contribution >= 0.6 is 15.9 Å². The number of ether oxygens (including phenoxy) is 2. The molecule has 1 atom stereocenters. The molecule has 2 aliphatic heterocycles. The van der Waals surface area contributed by atoms with Crippen molar-refractivity contribution in [3.63, 3.8) is 0 Å². The summed E-state index contributed by atoms with van der Waals surface area (Å²) in [5.41, 5.74) is -0.131. The average Bonchev–Trinajstić information content (AvgIpc) is 2.92. The minimum atomic E-state index is -0.461. The van der Waals surface area contributed by atoms with Crippen molar-refractivity contribution in [1.82, 2.24) is 14.4 Å². The Kier molecular flexibility index (Phi) is 4.98. The average molecular weight is 440 g/mol. The standard InChI is InChI=1S/C18H22BrN3O5/c1-20-9-13(19)15(8-16(20)23)27-12-4-2-11(3-5-12)22-17(24)14-10-26-7-6-21(14)18(22)25/h8-9,11-12,14H,2-7,10H2,1H3/t11-,12-,14?. The number of amides is 3. The molecular weight excluding hydrogens is 418 g/mol. The summed E-state index contributed by atoms with van der Waals surface area (Å²) in [7, 11) is 1.69. The van der Waals surface area contributed by atoms with Gasteiger partial charge in [0.15, 0.2) is 0 Å². The van der Waals surface area contributed by atoms with Crippen LogP contribution in [0.4, 0.5) is 4.79 Å². The largest absolute Gasteiger partial charge is 0.489 e. The fourth-order valence-corrected chi connectivity index (χ4v) is 4.55. The normalized spacial score (nSPS) is 28.4. The highest BCUT2D eigenvalue weighted by atomic mass is 79.9. The monoisotopic (exact) mass is 439 g/mol. The number of nitrogens with zero attached hydrogens (tertiary/aromatic N) is 3. The lowest BCUT2D eigenvalue weighted by Crippen LogP contribution is -2.45. The minimum Gasteiger partial charge on any atom is -0.489 e. The molecular formula is C18H22BrN3O5. The molecule has 1 unspecified atom stereocenters. The smallest absolute Gasteiger partial charge is 0.327 e. The van der Waals surface area contributed by atoms with Gasteiger partial charge in [-0.1, -0.05) is 0 Å².